The first-order chi connectivity index (χ1) is 18.0. The van der Waals surface area contributed by atoms with Crippen LogP contribution in [0.4, 0.5) is 4.79 Å². The fraction of sp³-hybridized carbons (Fsp3) is 0.370. The highest BCUT2D eigenvalue weighted by molar-refractivity contribution is 7.25. The minimum absolute atomic E-state index is 0.0263. The average Bonchev–Trinajstić information content (AvgIpc) is 3.70. The first-order valence-corrected chi connectivity index (χ1v) is 13.2. The maximum absolute atomic E-state index is 14.0. The zero-order chi connectivity index (χ0) is 25.5. The summed E-state index contributed by atoms with van der Waals surface area (Å²) in [5.74, 6) is 1.79. The molecule has 37 heavy (non-hydrogen) atoms. The van der Waals surface area contributed by atoms with Crippen molar-refractivity contribution in [3.63, 3.8) is 0 Å². The number of carbonyl (C=O) groups excluding carboxylic acids is 1. The van der Waals surface area contributed by atoms with Crippen molar-refractivity contribution in [3.8, 4) is 22.9 Å². The Morgan fingerprint density at radius 3 is 2.78 bits per heavy atom. The van der Waals surface area contributed by atoms with Crippen molar-refractivity contribution in [2.75, 3.05) is 40.0 Å². The van der Waals surface area contributed by atoms with Gasteiger partial charge in [0.1, 0.15) is 28.8 Å². The Bertz CT molecular complexity index is 1550. The van der Waals surface area contributed by atoms with Crippen LogP contribution in [0.25, 0.3) is 31.7 Å². The topological polar surface area (TPSA) is 103 Å². The van der Waals surface area contributed by atoms with E-state index in [0.29, 0.717) is 58.3 Å². The van der Waals surface area contributed by atoms with Gasteiger partial charge in [-0.25, -0.2) is 9.78 Å². The monoisotopic (exact) mass is 521 g/mol. The van der Waals surface area contributed by atoms with E-state index in [0.717, 1.165) is 29.7 Å². The fourth-order valence-corrected chi connectivity index (χ4v) is 5.92. The van der Waals surface area contributed by atoms with Crippen LogP contribution in [0.15, 0.2) is 41.2 Å². The number of hydrogen-bond acceptors (Lipinski definition) is 8. The summed E-state index contributed by atoms with van der Waals surface area (Å²) < 4.78 is 18.5. The van der Waals surface area contributed by atoms with E-state index in [1.807, 2.05) is 24.3 Å². The van der Waals surface area contributed by atoms with Crippen LogP contribution >= 0.6 is 11.3 Å². The molecular weight excluding hydrogens is 494 g/mol. The van der Waals surface area contributed by atoms with Crippen LogP contribution in [-0.2, 0) is 16.0 Å². The summed E-state index contributed by atoms with van der Waals surface area (Å²) in [5.41, 5.74) is 1.73. The number of carbonyl (C=O) groups is 1. The van der Waals surface area contributed by atoms with Gasteiger partial charge >= 0.3 is 6.09 Å². The second-order valence-electron chi connectivity index (χ2n) is 9.27. The SMILES string of the molecule is COc1ccc(-c2nc3sc4c(O)cccc4c3c(=O)n2CCOC(=O)N2CCOCC2)c(C2CC2)c1. The molecule has 4 aromatic rings. The average molecular weight is 522 g/mol. The number of hydrogen-bond donors (Lipinski definition) is 1. The number of thiophene rings is 1. The number of morpholine rings is 1. The Kier molecular flexibility index (Phi) is 6.21. The lowest BCUT2D eigenvalue weighted by molar-refractivity contribution is 0.0263. The van der Waals surface area contributed by atoms with Crippen molar-refractivity contribution in [1.82, 2.24) is 14.5 Å². The minimum Gasteiger partial charge on any atom is -0.506 e. The quantitative estimate of drug-likeness (QED) is 0.403. The molecule has 1 N–H and O–H groups in total. The second-order valence-corrected chi connectivity index (χ2v) is 10.3. The van der Waals surface area contributed by atoms with Gasteiger partial charge in [0.05, 0.1) is 37.0 Å². The van der Waals surface area contributed by atoms with Gasteiger partial charge in [-0.1, -0.05) is 12.1 Å². The molecule has 9 nitrogen and oxygen atoms in total. The molecule has 0 radical (unpaired) electrons. The molecule has 3 heterocycles. The first kappa shape index (κ1) is 23.7. The molecule has 10 heteroatoms. The number of nitrogens with zero attached hydrogens (tertiary/aromatic N) is 3. The van der Waals surface area contributed by atoms with E-state index >= 15 is 0 Å². The lowest BCUT2D eigenvalue weighted by Crippen LogP contribution is -2.41. The zero-order valence-corrected chi connectivity index (χ0v) is 21.3. The molecule has 0 spiro atoms. The van der Waals surface area contributed by atoms with Crippen LogP contribution in [-0.4, -0.2) is 65.7 Å². The van der Waals surface area contributed by atoms with Crippen LogP contribution in [0.5, 0.6) is 11.5 Å². The third-order valence-electron chi connectivity index (χ3n) is 6.92. The molecule has 1 aliphatic carbocycles. The van der Waals surface area contributed by atoms with E-state index in [1.165, 1.54) is 11.3 Å². The molecule has 1 aliphatic heterocycles. The number of rotatable bonds is 6. The van der Waals surface area contributed by atoms with Gasteiger partial charge in [0.25, 0.3) is 5.56 Å². The fourth-order valence-electron chi connectivity index (χ4n) is 4.84. The Hall–Kier alpha value is -3.63. The summed E-state index contributed by atoms with van der Waals surface area (Å²) in [6.07, 6.45) is 1.72. The molecule has 6 rings (SSSR count). The predicted octanol–water partition coefficient (Wildman–Crippen LogP) is 4.34. The van der Waals surface area contributed by atoms with Crippen LogP contribution in [0.2, 0.25) is 0 Å². The molecule has 192 valence electrons. The van der Waals surface area contributed by atoms with Crippen molar-refractivity contribution < 1.29 is 24.1 Å². The third-order valence-corrected chi connectivity index (χ3v) is 8.05. The summed E-state index contributed by atoms with van der Waals surface area (Å²) in [6, 6.07) is 11.0. The van der Waals surface area contributed by atoms with Crippen molar-refractivity contribution in [1.29, 1.82) is 0 Å². The molecule has 2 aliphatic rings. The van der Waals surface area contributed by atoms with E-state index in [9.17, 15) is 14.7 Å². The Labute approximate surface area is 216 Å². The summed E-state index contributed by atoms with van der Waals surface area (Å²) in [4.78, 5) is 33.6. The molecular formula is C27H27N3O6S. The van der Waals surface area contributed by atoms with Crippen molar-refractivity contribution in [2.45, 2.75) is 25.3 Å². The number of amides is 1. The molecule has 2 fully saturated rings. The van der Waals surface area contributed by atoms with E-state index in [4.69, 9.17) is 19.2 Å². The number of phenols is 1. The Morgan fingerprint density at radius 2 is 2.03 bits per heavy atom. The van der Waals surface area contributed by atoms with Gasteiger partial charge in [0, 0.05) is 24.0 Å². The number of fused-ring (bicyclic) bond motifs is 3. The number of ether oxygens (including phenoxy) is 3. The highest BCUT2D eigenvalue weighted by Gasteiger charge is 2.29. The predicted molar refractivity (Wildman–Crippen MR) is 141 cm³/mol. The van der Waals surface area contributed by atoms with Crippen LogP contribution in [0, 0.1) is 0 Å². The largest absolute Gasteiger partial charge is 0.506 e. The molecule has 0 atom stereocenters. The number of methoxy groups -OCH3 is 1. The van der Waals surface area contributed by atoms with Gasteiger partial charge in [-0.05, 0) is 48.6 Å². The summed E-state index contributed by atoms with van der Waals surface area (Å²) in [6.45, 7) is 2.12. The standard InChI is InChI=1S/C27H27N3O6S/c1-34-17-7-8-18(20(15-17)16-5-6-16)24-28-25-22(19-3-2-4-21(31)23(19)37-25)26(32)30(24)11-14-36-27(33)29-9-12-35-13-10-29/h2-4,7-8,15-16,31H,5-6,9-14H2,1H3. The smallest absolute Gasteiger partial charge is 0.409 e. The van der Waals surface area contributed by atoms with Gasteiger partial charge in [0.2, 0.25) is 0 Å². The number of benzene rings is 2. The molecule has 1 amide bonds. The molecule has 2 aromatic heterocycles. The number of aromatic hydroxyl groups is 1. The molecule has 0 unspecified atom stereocenters. The minimum atomic E-state index is -0.416. The van der Waals surface area contributed by atoms with Crippen molar-refractivity contribution in [2.24, 2.45) is 0 Å². The zero-order valence-electron chi connectivity index (χ0n) is 20.4. The first-order valence-electron chi connectivity index (χ1n) is 12.4. The Morgan fingerprint density at radius 1 is 1.22 bits per heavy atom. The maximum Gasteiger partial charge on any atom is 0.409 e. The third kappa shape index (κ3) is 4.40. The number of phenolic OH excluding ortho intramolecular Hbond substituents is 1. The van der Waals surface area contributed by atoms with Gasteiger partial charge in [0.15, 0.2) is 0 Å². The lowest BCUT2D eigenvalue weighted by Gasteiger charge is -2.26. The van der Waals surface area contributed by atoms with E-state index in [1.54, 1.807) is 28.7 Å². The van der Waals surface area contributed by atoms with Crippen molar-refractivity contribution >= 4 is 37.7 Å². The normalized spacial score (nSPS) is 15.9. The van der Waals surface area contributed by atoms with Crippen LogP contribution in [0.1, 0.15) is 24.3 Å². The molecule has 2 aromatic carbocycles. The Balaban J connectivity index is 1.45. The van der Waals surface area contributed by atoms with Gasteiger partial charge in [-0.15, -0.1) is 11.3 Å². The number of aromatic nitrogens is 2. The highest BCUT2D eigenvalue weighted by atomic mass is 32.1. The maximum atomic E-state index is 14.0. The lowest BCUT2D eigenvalue weighted by atomic mass is 10.0. The summed E-state index contributed by atoms with van der Waals surface area (Å²) in [7, 11) is 1.64. The van der Waals surface area contributed by atoms with E-state index in [-0.39, 0.29) is 24.5 Å². The summed E-state index contributed by atoms with van der Waals surface area (Å²) >= 11 is 1.30. The van der Waals surface area contributed by atoms with E-state index < -0.39 is 6.09 Å². The molecule has 0 bridgehead atoms. The van der Waals surface area contributed by atoms with Gasteiger partial charge < -0.3 is 24.2 Å². The van der Waals surface area contributed by atoms with Crippen LogP contribution < -0.4 is 10.3 Å². The molecule has 1 saturated carbocycles. The van der Waals surface area contributed by atoms with Gasteiger partial charge in [-0.3, -0.25) is 9.36 Å². The van der Waals surface area contributed by atoms with E-state index in [2.05, 4.69) is 0 Å². The summed E-state index contributed by atoms with van der Waals surface area (Å²) in [5, 5.41) is 11.5. The highest BCUT2D eigenvalue weighted by Crippen LogP contribution is 2.46. The van der Waals surface area contributed by atoms with Crippen molar-refractivity contribution in [3.05, 3.63) is 52.3 Å². The molecule has 1 saturated heterocycles. The second kappa shape index (κ2) is 9.68. The van der Waals surface area contributed by atoms with Gasteiger partial charge in [-0.2, -0.15) is 0 Å². The van der Waals surface area contributed by atoms with Crippen LogP contribution in [0.3, 0.4) is 0 Å².